The predicted octanol–water partition coefficient (Wildman–Crippen LogP) is -2.92. The number of rotatable bonds is 26. The summed E-state index contributed by atoms with van der Waals surface area (Å²) < 4.78 is 0. The van der Waals surface area contributed by atoms with E-state index in [0.717, 1.165) is 6.92 Å². The molecule has 8 atom stereocenters. The van der Waals surface area contributed by atoms with E-state index in [9.17, 15) is 68.7 Å². The normalized spacial score (nSPS) is 14.8. The van der Waals surface area contributed by atoms with Crippen LogP contribution in [0.2, 0.25) is 0 Å². The van der Waals surface area contributed by atoms with Gasteiger partial charge in [-0.05, 0) is 54.7 Å². The van der Waals surface area contributed by atoms with Crippen LogP contribution in [0.25, 0.3) is 0 Å². The molecule has 0 bridgehead atoms. The van der Waals surface area contributed by atoms with Crippen LogP contribution in [-0.2, 0) is 56.0 Å². The third-order valence-electron chi connectivity index (χ3n) is 9.21. The van der Waals surface area contributed by atoms with Gasteiger partial charge >= 0.3 is 11.9 Å². The van der Waals surface area contributed by atoms with Crippen molar-refractivity contribution in [1.82, 2.24) is 37.2 Å². The number of hydrogen-bond acceptors (Lipinski definition) is 15. The predicted molar refractivity (Wildman–Crippen MR) is 235 cm³/mol. The Morgan fingerprint density at radius 3 is 1.45 bits per heavy atom. The van der Waals surface area contributed by atoms with Crippen LogP contribution in [0.3, 0.4) is 0 Å². The Kier molecular flexibility index (Phi) is 22.4. The van der Waals surface area contributed by atoms with Gasteiger partial charge in [-0.2, -0.15) is 25.3 Å². The van der Waals surface area contributed by atoms with Gasteiger partial charge in [0.05, 0.1) is 25.1 Å². The van der Waals surface area contributed by atoms with Gasteiger partial charge in [0.25, 0.3) is 0 Å². The number of carbonyl (C=O) groups is 9. The standard InChI is InChI=1S/C40H56N8O14S2/c1-19(2)12-29(40(61)62)46-38(59)30(18-64)47-39(60)33(20(3)49)48-31(52)16-42-35(56)26(13-21-4-8-23(50)9-5-21)44-36(57)27(14-22-6-10-24(51)11-7-22)45-37(58)28(15-32(53)54)43-34(55)25(41)17-63/h4-11,19-20,25-30,33,49-51,63-64H,12-18,41H2,1-3H3,(H,42,56)(H,43,55)(H,44,57)(H,45,58)(H,46,59)(H,47,60)(H,48,52)(H,53,54)(H,61,62)/t20-,25+,26+,27+,28+,29+,30+,33+/m1/s1. The van der Waals surface area contributed by atoms with E-state index < -0.39 is 115 Å². The summed E-state index contributed by atoms with van der Waals surface area (Å²) in [6.07, 6.45) is -2.92. The van der Waals surface area contributed by atoms with Crippen molar-refractivity contribution in [1.29, 1.82) is 0 Å². The van der Waals surface area contributed by atoms with E-state index in [0.29, 0.717) is 11.1 Å². The van der Waals surface area contributed by atoms with Crippen molar-refractivity contribution in [2.45, 2.75) is 94.9 Å². The minimum Gasteiger partial charge on any atom is -0.508 e. The lowest BCUT2D eigenvalue weighted by Crippen LogP contribution is -2.60. The maximum absolute atomic E-state index is 14.0. The Balaban J connectivity index is 2.33. The number of amides is 7. The van der Waals surface area contributed by atoms with Gasteiger partial charge in [0.1, 0.15) is 47.8 Å². The number of aliphatic carboxylic acids is 2. The van der Waals surface area contributed by atoms with Gasteiger partial charge in [-0.3, -0.25) is 38.4 Å². The van der Waals surface area contributed by atoms with Gasteiger partial charge in [0.2, 0.25) is 41.4 Å². The first-order valence-electron chi connectivity index (χ1n) is 19.8. The summed E-state index contributed by atoms with van der Waals surface area (Å²) in [5.41, 5.74) is 6.47. The van der Waals surface area contributed by atoms with Crippen molar-refractivity contribution in [2.24, 2.45) is 11.7 Å². The summed E-state index contributed by atoms with van der Waals surface area (Å²) in [6.45, 7) is 3.83. The number of aliphatic hydroxyl groups excluding tert-OH is 1. The van der Waals surface area contributed by atoms with Crippen LogP contribution in [0.5, 0.6) is 11.5 Å². The molecular formula is C40H56N8O14S2. The molecule has 64 heavy (non-hydrogen) atoms. The van der Waals surface area contributed by atoms with Crippen LogP contribution in [0.1, 0.15) is 44.7 Å². The van der Waals surface area contributed by atoms with Gasteiger partial charge in [-0.1, -0.05) is 38.1 Å². The van der Waals surface area contributed by atoms with E-state index >= 15 is 0 Å². The van der Waals surface area contributed by atoms with Crippen LogP contribution < -0.4 is 43.0 Å². The monoisotopic (exact) mass is 936 g/mol. The molecule has 7 amide bonds. The first-order chi connectivity index (χ1) is 30.0. The lowest BCUT2D eigenvalue weighted by Gasteiger charge is -2.26. The van der Waals surface area contributed by atoms with Crippen molar-refractivity contribution in [3.8, 4) is 11.5 Å². The second-order valence-corrected chi connectivity index (χ2v) is 15.8. The number of benzene rings is 2. The van der Waals surface area contributed by atoms with Gasteiger partial charge in [0.15, 0.2) is 0 Å². The Morgan fingerprint density at radius 1 is 0.578 bits per heavy atom. The smallest absolute Gasteiger partial charge is 0.326 e. The van der Waals surface area contributed by atoms with Crippen LogP contribution in [0.4, 0.5) is 0 Å². The van der Waals surface area contributed by atoms with E-state index in [2.05, 4.69) is 62.5 Å². The highest BCUT2D eigenvalue weighted by atomic mass is 32.1. The molecule has 0 saturated heterocycles. The summed E-state index contributed by atoms with van der Waals surface area (Å²) in [5, 5.41) is 65.3. The Morgan fingerprint density at radius 2 is 1.02 bits per heavy atom. The number of carbonyl (C=O) groups excluding carboxylic acids is 7. The average molecular weight is 937 g/mol. The molecule has 0 radical (unpaired) electrons. The van der Waals surface area contributed by atoms with Crippen molar-refractivity contribution >= 4 is 78.5 Å². The summed E-state index contributed by atoms with van der Waals surface area (Å²) in [5.74, 6) is -10.5. The van der Waals surface area contributed by atoms with E-state index in [-0.39, 0.29) is 48.2 Å². The molecule has 0 unspecified atom stereocenters. The van der Waals surface area contributed by atoms with Crippen molar-refractivity contribution in [3.05, 3.63) is 59.7 Å². The number of aromatic hydroxyl groups is 2. The number of phenolic OH excluding ortho intramolecular Hbond substituents is 2. The van der Waals surface area contributed by atoms with Gasteiger partial charge in [-0.15, -0.1) is 0 Å². The highest BCUT2D eigenvalue weighted by Gasteiger charge is 2.34. The largest absolute Gasteiger partial charge is 0.508 e. The summed E-state index contributed by atoms with van der Waals surface area (Å²) in [7, 11) is 0. The zero-order chi connectivity index (χ0) is 48.3. The molecule has 14 N–H and O–H groups in total. The maximum Gasteiger partial charge on any atom is 0.326 e. The molecule has 0 heterocycles. The van der Waals surface area contributed by atoms with Gasteiger partial charge < -0.3 is 68.5 Å². The molecule has 0 saturated carbocycles. The number of hydrogen-bond donors (Lipinski definition) is 15. The molecule has 0 aliphatic carbocycles. The Bertz CT molecular complexity index is 1960. The third kappa shape index (κ3) is 18.7. The molecule has 0 aliphatic rings. The second-order valence-electron chi connectivity index (χ2n) is 15.1. The van der Waals surface area contributed by atoms with Crippen molar-refractivity contribution in [2.75, 3.05) is 18.1 Å². The van der Waals surface area contributed by atoms with Gasteiger partial charge in [0, 0.05) is 24.3 Å². The maximum atomic E-state index is 14.0. The van der Waals surface area contributed by atoms with Crippen molar-refractivity contribution in [3.63, 3.8) is 0 Å². The fourth-order valence-electron chi connectivity index (χ4n) is 5.79. The van der Waals surface area contributed by atoms with E-state index in [1.165, 1.54) is 48.5 Å². The molecule has 2 aromatic rings. The molecule has 352 valence electrons. The molecule has 0 spiro atoms. The SMILES string of the molecule is CC(C)C[C@H](NC(=O)[C@H](CS)NC(=O)[C@@H](NC(=O)CNC(=O)[C@H](Cc1ccc(O)cc1)NC(=O)[C@H](Cc1ccc(O)cc1)NC(=O)[C@H](CC(=O)O)NC(=O)[C@@H](N)CS)[C@@H](C)O)C(=O)O. The molecule has 22 nitrogen and oxygen atoms in total. The minimum absolute atomic E-state index is 0.0892. The van der Waals surface area contributed by atoms with Crippen molar-refractivity contribution < 1.29 is 68.7 Å². The molecule has 2 rings (SSSR count). The van der Waals surface area contributed by atoms with Crippen LogP contribution in [-0.4, -0.2) is 145 Å². The topological polar surface area (TPSA) is 365 Å². The van der Waals surface area contributed by atoms with E-state index in [4.69, 9.17) is 5.73 Å². The molecule has 0 fully saturated rings. The number of thiol groups is 2. The molecule has 0 aromatic heterocycles. The highest BCUT2D eigenvalue weighted by molar-refractivity contribution is 7.80. The highest BCUT2D eigenvalue weighted by Crippen LogP contribution is 2.14. The average Bonchev–Trinajstić information content (AvgIpc) is 3.23. The van der Waals surface area contributed by atoms with E-state index in [1.54, 1.807) is 13.8 Å². The van der Waals surface area contributed by atoms with Crippen LogP contribution in [0, 0.1) is 5.92 Å². The zero-order valence-corrected chi connectivity index (χ0v) is 36.9. The fourth-order valence-corrected chi connectivity index (χ4v) is 6.21. The summed E-state index contributed by atoms with van der Waals surface area (Å²) in [6, 6.07) is 0.631. The number of carboxylic acid groups (broad SMARTS) is 2. The number of nitrogens with one attached hydrogen (secondary N) is 7. The zero-order valence-electron chi connectivity index (χ0n) is 35.1. The second kappa shape index (κ2) is 26.5. The lowest BCUT2D eigenvalue weighted by molar-refractivity contribution is -0.143. The Labute approximate surface area is 379 Å². The number of phenols is 2. The quantitative estimate of drug-likeness (QED) is 0.0420. The number of carboxylic acids is 2. The van der Waals surface area contributed by atoms with Crippen LogP contribution in [0.15, 0.2) is 48.5 Å². The van der Waals surface area contributed by atoms with E-state index in [1.807, 2.05) is 0 Å². The number of aliphatic hydroxyl groups is 1. The minimum atomic E-state index is -1.71. The molecular weight excluding hydrogens is 881 g/mol. The number of nitrogens with two attached hydrogens (primary N) is 1. The van der Waals surface area contributed by atoms with Crippen LogP contribution >= 0.6 is 25.3 Å². The molecule has 24 heteroatoms. The first kappa shape index (κ1) is 54.0. The van der Waals surface area contributed by atoms with Gasteiger partial charge in [-0.25, -0.2) is 4.79 Å². The summed E-state index contributed by atoms with van der Waals surface area (Å²) in [4.78, 5) is 116. The third-order valence-corrected chi connectivity index (χ3v) is 9.96. The first-order valence-corrected chi connectivity index (χ1v) is 21.1. The molecule has 2 aromatic carbocycles. The Hall–Kier alpha value is -6.11. The fraction of sp³-hybridized carbons (Fsp3) is 0.475. The molecule has 0 aliphatic heterocycles. The summed E-state index contributed by atoms with van der Waals surface area (Å²) >= 11 is 8.00. The lowest BCUT2D eigenvalue weighted by atomic mass is 10.0.